The highest BCUT2D eigenvalue weighted by molar-refractivity contribution is 14.0. The van der Waals surface area contributed by atoms with Gasteiger partial charge in [0, 0.05) is 54.5 Å². The zero-order chi connectivity index (χ0) is 18.9. The van der Waals surface area contributed by atoms with Gasteiger partial charge >= 0.3 is 0 Å². The maximum atomic E-state index is 12.0. The molecule has 1 saturated carbocycles. The Morgan fingerprint density at radius 3 is 2.54 bits per heavy atom. The number of nitrogens with zero attached hydrogens (tertiary/aromatic N) is 2. The molecule has 0 aromatic carbocycles. The summed E-state index contributed by atoms with van der Waals surface area (Å²) in [5.41, 5.74) is 0. The predicted octanol–water partition coefficient (Wildman–Crippen LogP) is 1.52. The molecule has 0 aromatic rings. The van der Waals surface area contributed by atoms with Crippen LogP contribution in [0.15, 0.2) is 4.99 Å². The summed E-state index contributed by atoms with van der Waals surface area (Å²) < 4.78 is 36.6. The molecule has 0 spiro atoms. The van der Waals surface area contributed by atoms with E-state index in [4.69, 9.17) is 0 Å². The average molecular weight is 523 g/mol. The molecule has 2 N–H and O–H groups in total. The first kappa shape index (κ1) is 26.1. The number of aliphatic imine (C=N–C) groups is 1. The van der Waals surface area contributed by atoms with Crippen molar-refractivity contribution >= 4 is 50.8 Å². The molecule has 3 atom stereocenters. The highest BCUT2D eigenvalue weighted by atomic mass is 127. The van der Waals surface area contributed by atoms with E-state index in [-0.39, 0.29) is 29.2 Å². The maximum absolute atomic E-state index is 12.0. The quantitative estimate of drug-likeness (QED) is 0.208. The Kier molecular flexibility index (Phi) is 13.3. The summed E-state index contributed by atoms with van der Waals surface area (Å²) in [5, 5.41) is 6.95. The van der Waals surface area contributed by atoms with Gasteiger partial charge in [0.05, 0.1) is 6.26 Å². The van der Waals surface area contributed by atoms with Crippen LogP contribution in [-0.4, -0.2) is 72.9 Å². The zero-order valence-electron chi connectivity index (χ0n) is 16.4. The third kappa shape index (κ3) is 9.32. The van der Waals surface area contributed by atoms with Crippen LogP contribution in [0.5, 0.6) is 0 Å². The molecule has 0 amide bonds. The molecule has 26 heavy (non-hydrogen) atoms. The molecular formula is C16H35IN4O3S2. The fraction of sp³-hybridized carbons (Fsp3) is 0.938. The second-order valence-corrected chi connectivity index (χ2v) is 10.4. The summed E-state index contributed by atoms with van der Waals surface area (Å²) in [6.07, 6.45) is 6.07. The molecule has 0 aliphatic heterocycles. The minimum atomic E-state index is -3.13. The van der Waals surface area contributed by atoms with E-state index >= 15 is 0 Å². The lowest BCUT2D eigenvalue weighted by molar-refractivity contribution is 0.410. The fourth-order valence-electron chi connectivity index (χ4n) is 3.16. The molecular weight excluding hydrogens is 487 g/mol. The number of sulfonamides is 1. The van der Waals surface area contributed by atoms with Gasteiger partial charge in [0.25, 0.3) is 0 Å². The summed E-state index contributed by atoms with van der Waals surface area (Å²) in [4.78, 5) is 4.24. The molecule has 0 aromatic heterocycles. The first-order chi connectivity index (χ1) is 11.8. The highest BCUT2D eigenvalue weighted by Crippen LogP contribution is 2.22. The summed E-state index contributed by atoms with van der Waals surface area (Å²) in [5.74, 6) is 1.45. The van der Waals surface area contributed by atoms with Gasteiger partial charge in [-0.15, -0.1) is 24.0 Å². The van der Waals surface area contributed by atoms with Crippen molar-refractivity contribution in [3.63, 3.8) is 0 Å². The predicted molar refractivity (Wildman–Crippen MR) is 121 cm³/mol. The van der Waals surface area contributed by atoms with Crippen molar-refractivity contribution in [2.45, 2.75) is 57.2 Å². The number of nitrogens with one attached hydrogen (secondary N) is 2. The van der Waals surface area contributed by atoms with Crippen LogP contribution in [0.4, 0.5) is 0 Å². The van der Waals surface area contributed by atoms with Gasteiger partial charge in [0.1, 0.15) is 0 Å². The Hall–Kier alpha value is 0.0600. The summed E-state index contributed by atoms with van der Waals surface area (Å²) in [6, 6.07) is 0.295. The monoisotopic (exact) mass is 522 g/mol. The summed E-state index contributed by atoms with van der Waals surface area (Å²) >= 11 is 0. The second-order valence-electron chi connectivity index (χ2n) is 6.41. The minimum Gasteiger partial charge on any atom is -0.356 e. The van der Waals surface area contributed by atoms with Crippen LogP contribution in [-0.2, 0) is 20.8 Å². The molecule has 0 saturated heterocycles. The fourth-order valence-corrected chi connectivity index (χ4v) is 5.44. The van der Waals surface area contributed by atoms with Crippen LogP contribution in [0.1, 0.15) is 46.0 Å². The van der Waals surface area contributed by atoms with E-state index in [2.05, 4.69) is 15.6 Å². The van der Waals surface area contributed by atoms with E-state index in [0.717, 1.165) is 43.8 Å². The van der Waals surface area contributed by atoms with Gasteiger partial charge in [-0.25, -0.2) is 12.7 Å². The number of hydrogen-bond acceptors (Lipinski definition) is 4. The van der Waals surface area contributed by atoms with E-state index < -0.39 is 20.8 Å². The van der Waals surface area contributed by atoms with Gasteiger partial charge in [-0.1, -0.05) is 20.3 Å². The Morgan fingerprint density at radius 2 is 2.00 bits per heavy atom. The molecule has 1 aliphatic carbocycles. The molecule has 10 heteroatoms. The largest absolute Gasteiger partial charge is 0.356 e. The van der Waals surface area contributed by atoms with Crippen molar-refractivity contribution in [3.05, 3.63) is 0 Å². The summed E-state index contributed by atoms with van der Waals surface area (Å²) in [7, 11) is -2.13. The van der Waals surface area contributed by atoms with Crippen molar-refractivity contribution in [2.24, 2.45) is 4.99 Å². The molecule has 0 heterocycles. The van der Waals surface area contributed by atoms with Crippen molar-refractivity contribution in [1.82, 2.24) is 14.9 Å². The van der Waals surface area contributed by atoms with Crippen LogP contribution >= 0.6 is 24.0 Å². The number of rotatable bonds is 9. The van der Waals surface area contributed by atoms with E-state index in [1.54, 1.807) is 7.05 Å². The number of halogens is 1. The van der Waals surface area contributed by atoms with Crippen molar-refractivity contribution < 1.29 is 12.6 Å². The number of hydrogen-bond donors (Lipinski definition) is 2. The minimum absolute atomic E-state index is 0. The van der Waals surface area contributed by atoms with Gasteiger partial charge in [-0.2, -0.15) is 0 Å². The van der Waals surface area contributed by atoms with Gasteiger partial charge in [-0.05, 0) is 25.7 Å². The average Bonchev–Trinajstić information content (AvgIpc) is 2.59. The lowest BCUT2D eigenvalue weighted by atomic mass is 9.95. The van der Waals surface area contributed by atoms with Crippen LogP contribution in [0.2, 0.25) is 0 Å². The van der Waals surface area contributed by atoms with Gasteiger partial charge < -0.3 is 10.6 Å². The normalized spacial score (nSPS) is 22.6. The third-order valence-corrected chi connectivity index (χ3v) is 7.66. The topological polar surface area (TPSA) is 90.9 Å². The van der Waals surface area contributed by atoms with E-state index in [1.165, 1.54) is 10.6 Å². The van der Waals surface area contributed by atoms with E-state index in [9.17, 15) is 12.6 Å². The highest BCUT2D eigenvalue weighted by Gasteiger charge is 2.26. The SMILES string of the molecule is CCN(CCCNC(=NC)NC1CCCC(S(=O)CC)C1)S(C)(=O)=O.I. The van der Waals surface area contributed by atoms with Gasteiger partial charge in [0.2, 0.25) is 10.0 Å². The van der Waals surface area contributed by atoms with Crippen molar-refractivity contribution in [3.8, 4) is 0 Å². The van der Waals surface area contributed by atoms with Crippen LogP contribution in [0.3, 0.4) is 0 Å². The van der Waals surface area contributed by atoms with Gasteiger partial charge in [-0.3, -0.25) is 9.20 Å². The van der Waals surface area contributed by atoms with E-state index in [0.29, 0.717) is 25.7 Å². The Bertz CT molecular complexity index is 558. The number of guanidine groups is 1. The van der Waals surface area contributed by atoms with E-state index in [1.807, 2.05) is 13.8 Å². The third-order valence-electron chi connectivity index (χ3n) is 4.55. The van der Waals surface area contributed by atoms with Crippen molar-refractivity contribution in [1.29, 1.82) is 0 Å². The first-order valence-corrected chi connectivity index (χ1v) is 12.3. The Labute approximate surface area is 178 Å². The van der Waals surface area contributed by atoms with Crippen LogP contribution < -0.4 is 10.6 Å². The Morgan fingerprint density at radius 1 is 1.31 bits per heavy atom. The summed E-state index contributed by atoms with van der Waals surface area (Å²) in [6.45, 7) is 5.46. The lowest BCUT2D eigenvalue weighted by Crippen LogP contribution is -2.47. The second kappa shape index (κ2) is 13.3. The standard InChI is InChI=1S/C16H34N4O3S2.HI/c1-5-20(25(4,22)23)12-8-11-18-16(17-3)19-14-9-7-10-15(13-14)24(21)6-2;/h14-15H,5-13H2,1-4H3,(H2,17,18,19);1H. The molecule has 0 radical (unpaired) electrons. The molecule has 1 fully saturated rings. The van der Waals surface area contributed by atoms with Crippen LogP contribution in [0, 0.1) is 0 Å². The molecule has 1 aliphatic rings. The zero-order valence-corrected chi connectivity index (χ0v) is 20.3. The first-order valence-electron chi connectivity index (χ1n) is 9.11. The van der Waals surface area contributed by atoms with Gasteiger partial charge in [0.15, 0.2) is 5.96 Å². The lowest BCUT2D eigenvalue weighted by Gasteiger charge is -2.30. The molecule has 156 valence electrons. The molecule has 1 rings (SSSR count). The van der Waals surface area contributed by atoms with Crippen LogP contribution in [0.25, 0.3) is 0 Å². The maximum Gasteiger partial charge on any atom is 0.211 e. The molecule has 3 unspecified atom stereocenters. The molecule has 0 bridgehead atoms. The van der Waals surface area contributed by atoms with Crippen molar-refractivity contribution in [2.75, 3.05) is 38.7 Å². The Balaban J connectivity index is 0.00000625. The smallest absolute Gasteiger partial charge is 0.211 e. The molecule has 7 nitrogen and oxygen atoms in total.